The van der Waals surface area contributed by atoms with E-state index in [1.165, 1.54) is 0 Å². The molecule has 0 spiro atoms. The van der Waals surface area contributed by atoms with Gasteiger partial charge in [-0.15, -0.1) is 0 Å². The van der Waals surface area contributed by atoms with Crippen LogP contribution in [0, 0.1) is 11.3 Å². The first-order valence-corrected chi connectivity index (χ1v) is 7.81. The SMILES string of the molecule is CC(Oc1ccc(C#N)cc1)C(=O)NCCN(C)c1ccccc1. The lowest BCUT2D eigenvalue weighted by molar-refractivity contribution is -0.127. The Kier molecular flexibility index (Phi) is 6.21. The number of hydrogen-bond acceptors (Lipinski definition) is 4. The zero-order valence-electron chi connectivity index (χ0n) is 13.9. The van der Waals surface area contributed by atoms with E-state index in [4.69, 9.17) is 10.00 Å². The Morgan fingerprint density at radius 2 is 1.88 bits per heavy atom. The Labute approximate surface area is 142 Å². The number of carbonyl (C=O) groups is 1. The molecule has 2 aromatic carbocycles. The van der Waals surface area contributed by atoms with Crippen LogP contribution in [0.5, 0.6) is 5.75 Å². The number of para-hydroxylation sites is 1. The Bertz CT molecular complexity index is 693. The molecule has 0 radical (unpaired) electrons. The van der Waals surface area contributed by atoms with Crippen LogP contribution in [-0.4, -0.2) is 32.1 Å². The van der Waals surface area contributed by atoms with Gasteiger partial charge in [-0.25, -0.2) is 0 Å². The fourth-order valence-electron chi connectivity index (χ4n) is 2.17. The number of amides is 1. The smallest absolute Gasteiger partial charge is 0.260 e. The number of likely N-dealkylation sites (N-methyl/N-ethyl adjacent to an activating group) is 1. The Morgan fingerprint density at radius 3 is 2.50 bits per heavy atom. The van der Waals surface area contributed by atoms with Crippen LogP contribution in [0.2, 0.25) is 0 Å². The van der Waals surface area contributed by atoms with Gasteiger partial charge in [-0.2, -0.15) is 5.26 Å². The summed E-state index contributed by atoms with van der Waals surface area (Å²) in [5.74, 6) is 0.402. The van der Waals surface area contributed by atoms with Crippen molar-refractivity contribution in [3.05, 3.63) is 60.2 Å². The van der Waals surface area contributed by atoms with Crippen molar-refractivity contribution in [3.63, 3.8) is 0 Å². The lowest BCUT2D eigenvalue weighted by atomic mass is 10.2. The summed E-state index contributed by atoms with van der Waals surface area (Å²) in [5.41, 5.74) is 1.66. The van der Waals surface area contributed by atoms with Crippen LogP contribution in [0.1, 0.15) is 12.5 Å². The first-order valence-electron chi connectivity index (χ1n) is 7.81. The average Bonchev–Trinajstić information content (AvgIpc) is 2.62. The molecule has 1 atom stereocenters. The van der Waals surface area contributed by atoms with Crippen molar-refractivity contribution in [2.24, 2.45) is 0 Å². The molecule has 0 bridgehead atoms. The molecule has 0 fully saturated rings. The number of nitrogens with zero attached hydrogens (tertiary/aromatic N) is 2. The van der Waals surface area contributed by atoms with Crippen LogP contribution >= 0.6 is 0 Å². The lowest BCUT2D eigenvalue weighted by Crippen LogP contribution is -2.40. The summed E-state index contributed by atoms with van der Waals surface area (Å²) in [5, 5.41) is 11.6. The summed E-state index contributed by atoms with van der Waals surface area (Å²) >= 11 is 0. The second-order valence-electron chi connectivity index (χ2n) is 5.44. The molecular weight excluding hydrogens is 302 g/mol. The maximum atomic E-state index is 12.1. The van der Waals surface area contributed by atoms with Gasteiger partial charge >= 0.3 is 0 Å². The molecule has 1 unspecified atom stereocenters. The van der Waals surface area contributed by atoms with Gasteiger partial charge in [0.25, 0.3) is 5.91 Å². The van der Waals surface area contributed by atoms with E-state index in [-0.39, 0.29) is 5.91 Å². The number of nitrogens with one attached hydrogen (secondary N) is 1. The maximum Gasteiger partial charge on any atom is 0.260 e. The molecule has 0 heterocycles. The van der Waals surface area contributed by atoms with E-state index >= 15 is 0 Å². The minimum atomic E-state index is -0.597. The van der Waals surface area contributed by atoms with Gasteiger partial charge in [0, 0.05) is 25.8 Å². The van der Waals surface area contributed by atoms with E-state index in [1.807, 2.05) is 43.4 Å². The van der Waals surface area contributed by atoms with E-state index in [1.54, 1.807) is 31.2 Å². The van der Waals surface area contributed by atoms with Gasteiger partial charge in [-0.05, 0) is 43.3 Å². The van der Waals surface area contributed by atoms with Crippen molar-refractivity contribution in [3.8, 4) is 11.8 Å². The van der Waals surface area contributed by atoms with Gasteiger partial charge in [0.15, 0.2) is 6.10 Å². The molecular formula is C19H21N3O2. The van der Waals surface area contributed by atoms with Crippen LogP contribution in [0.15, 0.2) is 54.6 Å². The standard InChI is InChI=1S/C19H21N3O2/c1-15(24-18-10-8-16(14-20)9-11-18)19(23)21-12-13-22(2)17-6-4-3-5-7-17/h3-11,15H,12-13H2,1-2H3,(H,21,23). The molecule has 5 heteroatoms. The molecule has 0 saturated heterocycles. The molecule has 124 valence electrons. The second kappa shape index (κ2) is 8.59. The third-order valence-corrected chi connectivity index (χ3v) is 3.61. The second-order valence-corrected chi connectivity index (χ2v) is 5.44. The number of hydrogen-bond donors (Lipinski definition) is 1. The minimum Gasteiger partial charge on any atom is -0.481 e. The Hall–Kier alpha value is -3.00. The first-order chi connectivity index (χ1) is 11.6. The van der Waals surface area contributed by atoms with Crippen LogP contribution in [0.4, 0.5) is 5.69 Å². The molecule has 0 aromatic heterocycles. The van der Waals surface area contributed by atoms with Crippen molar-refractivity contribution < 1.29 is 9.53 Å². The first kappa shape index (κ1) is 17.4. The summed E-state index contributed by atoms with van der Waals surface area (Å²) in [4.78, 5) is 14.2. The number of rotatable bonds is 7. The highest BCUT2D eigenvalue weighted by atomic mass is 16.5. The molecule has 1 N–H and O–H groups in total. The third-order valence-electron chi connectivity index (χ3n) is 3.61. The average molecular weight is 323 g/mol. The summed E-state index contributed by atoms with van der Waals surface area (Å²) in [7, 11) is 1.98. The molecule has 5 nitrogen and oxygen atoms in total. The highest BCUT2D eigenvalue weighted by molar-refractivity contribution is 5.80. The van der Waals surface area contributed by atoms with Crippen molar-refractivity contribution in [1.82, 2.24) is 5.32 Å². The van der Waals surface area contributed by atoms with E-state index in [0.717, 1.165) is 5.69 Å². The molecule has 0 aliphatic rings. The number of carbonyl (C=O) groups excluding carboxylic acids is 1. The molecule has 2 rings (SSSR count). The maximum absolute atomic E-state index is 12.1. The van der Waals surface area contributed by atoms with E-state index in [9.17, 15) is 4.79 Å². The largest absolute Gasteiger partial charge is 0.481 e. The highest BCUT2D eigenvalue weighted by Crippen LogP contribution is 2.13. The summed E-state index contributed by atoms with van der Waals surface area (Å²) in [6.45, 7) is 2.94. The number of nitriles is 1. The molecule has 0 aliphatic carbocycles. The van der Waals surface area contributed by atoms with E-state index in [2.05, 4.69) is 10.2 Å². The molecule has 0 aliphatic heterocycles. The van der Waals surface area contributed by atoms with Crippen molar-refractivity contribution >= 4 is 11.6 Å². The predicted octanol–water partition coefficient (Wildman–Crippen LogP) is 2.58. The van der Waals surface area contributed by atoms with E-state index < -0.39 is 6.10 Å². The van der Waals surface area contributed by atoms with Crippen LogP contribution in [0.3, 0.4) is 0 Å². The molecule has 0 saturated carbocycles. The van der Waals surface area contributed by atoms with Crippen LogP contribution in [-0.2, 0) is 4.79 Å². The van der Waals surface area contributed by atoms with Gasteiger partial charge in [-0.1, -0.05) is 18.2 Å². The lowest BCUT2D eigenvalue weighted by Gasteiger charge is -2.20. The van der Waals surface area contributed by atoms with E-state index in [0.29, 0.717) is 24.4 Å². The highest BCUT2D eigenvalue weighted by Gasteiger charge is 2.14. The van der Waals surface area contributed by atoms with Gasteiger partial charge in [-0.3, -0.25) is 4.79 Å². The zero-order chi connectivity index (χ0) is 17.4. The molecule has 24 heavy (non-hydrogen) atoms. The summed E-state index contributed by atoms with van der Waals surface area (Å²) in [6.07, 6.45) is -0.597. The molecule has 2 aromatic rings. The fourth-order valence-corrected chi connectivity index (χ4v) is 2.17. The van der Waals surface area contributed by atoms with Crippen molar-refractivity contribution in [2.75, 3.05) is 25.0 Å². The van der Waals surface area contributed by atoms with Crippen LogP contribution < -0.4 is 15.0 Å². The third kappa shape index (κ3) is 5.03. The van der Waals surface area contributed by atoms with Gasteiger partial charge in [0.1, 0.15) is 5.75 Å². The number of anilines is 1. The summed E-state index contributed by atoms with van der Waals surface area (Å²) in [6, 6.07) is 18.7. The Balaban J connectivity index is 1.76. The topological polar surface area (TPSA) is 65.4 Å². The Morgan fingerprint density at radius 1 is 1.21 bits per heavy atom. The fraction of sp³-hybridized carbons (Fsp3) is 0.263. The van der Waals surface area contributed by atoms with Gasteiger partial charge in [0.2, 0.25) is 0 Å². The van der Waals surface area contributed by atoms with Gasteiger partial charge < -0.3 is 15.0 Å². The monoisotopic (exact) mass is 323 g/mol. The number of benzene rings is 2. The van der Waals surface area contributed by atoms with Crippen molar-refractivity contribution in [1.29, 1.82) is 5.26 Å². The normalized spacial score (nSPS) is 11.2. The molecule has 1 amide bonds. The summed E-state index contributed by atoms with van der Waals surface area (Å²) < 4.78 is 5.58. The van der Waals surface area contributed by atoms with Crippen LogP contribution in [0.25, 0.3) is 0 Å². The number of ether oxygens (including phenoxy) is 1. The predicted molar refractivity (Wildman–Crippen MR) is 94.0 cm³/mol. The van der Waals surface area contributed by atoms with Gasteiger partial charge in [0.05, 0.1) is 11.6 Å². The quantitative estimate of drug-likeness (QED) is 0.850. The van der Waals surface area contributed by atoms with Crippen molar-refractivity contribution in [2.45, 2.75) is 13.0 Å². The zero-order valence-corrected chi connectivity index (χ0v) is 13.9. The minimum absolute atomic E-state index is 0.166.